The SMILES string of the molecule is CC(=O)c1sc(Nc2nc(Cl)nc3ccccc23)nc1C. The molecule has 3 rings (SSSR count). The van der Waals surface area contributed by atoms with Crippen LogP contribution in [0, 0.1) is 6.92 Å². The predicted octanol–water partition coefficient (Wildman–Crippen LogP) is 3.99. The molecule has 21 heavy (non-hydrogen) atoms. The number of hydrogen-bond donors (Lipinski definition) is 1. The molecule has 1 aromatic carbocycles. The average Bonchev–Trinajstić information content (AvgIpc) is 2.79. The van der Waals surface area contributed by atoms with Crippen LogP contribution in [0.5, 0.6) is 0 Å². The first-order valence-corrected chi connectivity index (χ1v) is 7.41. The van der Waals surface area contributed by atoms with Gasteiger partial charge >= 0.3 is 0 Å². The van der Waals surface area contributed by atoms with Gasteiger partial charge in [-0.05, 0) is 30.7 Å². The molecule has 2 aromatic heterocycles. The second kappa shape index (κ2) is 5.38. The molecule has 3 aromatic rings. The summed E-state index contributed by atoms with van der Waals surface area (Å²) in [5, 5.41) is 4.74. The second-order valence-corrected chi connectivity index (χ2v) is 5.81. The maximum Gasteiger partial charge on any atom is 0.224 e. The van der Waals surface area contributed by atoms with Crippen molar-refractivity contribution in [2.24, 2.45) is 0 Å². The summed E-state index contributed by atoms with van der Waals surface area (Å²) in [6.07, 6.45) is 0. The summed E-state index contributed by atoms with van der Waals surface area (Å²) >= 11 is 7.25. The summed E-state index contributed by atoms with van der Waals surface area (Å²) in [6, 6.07) is 7.55. The number of anilines is 2. The van der Waals surface area contributed by atoms with Crippen LogP contribution in [0.25, 0.3) is 10.9 Å². The van der Waals surface area contributed by atoms with Gasteiger partial charge in [-0.3, -0.25) is 4.79 Å². The summed E-state index contributed by atoms with van der Waals surface area (Å²) in [7, 11) is 0. The maximum atomic E-state index is 11.5. The van der Waals surface area contributed by atoms with Gasteiger partial charge in [0.2, 0.25) is 5.28 Å². The molecule has 0 spiro atoms. The third-order valence-electron chi connectivity index (χ3n) is 2.92. The number of thiazole rings is 1. The Morgan fingerprint density at radius 2 is 2.00 bits per heavy atom. The van der Waals surface area contributed by atoms with Crippen molar-refractivity contribution in [1.82, 2.24) is 15.0 Å². The fourth-order valence-corrected chi connectivity index (χ4v) is 3.06. The zero-order valence-corrected chi connectivity index (χ0v) is 12.9. The molecule has 0 saturated carbocycles. The van der Waals surface area contributed by atoms with Gasteiger partial charge in [0.25, 0.3) is 0 Å². The van der Waals surface area contributed by atoms with Crippen LogP contribution >= 0.6 is 22.9 Å². The highest BCUT2D eigenvalue weighted by Gasteiger charge is 2.13. The van der Waals surface area contributed by atoms with Gasteiger partial charge in [0.15, 0.2) is 10.9 Å². The van der Waals surface area contributed by atoms with Crippen molar-refractivity contribution in [3.05, 3.63) is 40.1 Å². The molecule has 0 fully saturated rings. The van der Waals surface area contributed by atoms with E-state index in [0.29, 0.717) is 21.5 Å². The summed E-state index contributed by atoms with van der Waals surface area (Å²) < 4.78 is 0. The number of halogens is 1. The van der Waals surface area contributed by atoms with E-state index < -0.39 is 0 Å². The smallest absolute Gasteiger partial charge is 0.224 e. The molecule has 5 nitrogen and oxygen atoms in total. The highest BCUT2D eigenvalue weighted by Crippen LogP contribution is 2.29. The van der Waals surface area contributed by atoms with Gasteiger partial charge in [0.1, 0.15) is 5.82 Å². The number of nitrogens with zero attached hydrogens (tertiary/aromatic N) is 3. The van der Waals surface area contributed by atoms with E-state index in [9.17, 15) is 4.79 Å². The van der Waals surface area contributed by atoms with Crippen LogP contribution in [0.4, 0.5) is 10.9 Å². The Labute approximate surface area is 130 Å². The normalized spacial score (nSPS) is 10.8. The summed E-state index contributed by atoms with van der Waals surface area (Å²) in [5.41, 5.74) is 1.46. The molecule has 2 heterocycles. The molecule has 0 radical (unpaired) electrons. The monoisotopic (exact) mass is 318 g/mol. The van der Waals surface area contributed by atoms with Gasteiger partial charge in [-0.15, -0.1) is 0 Å². The number of aromatic nitrogens is 3. The molecular formula is C14H11ClN4OS. The van der Waals surface area contributed by atoms with Crippen LogP contribution in [0.3, 0.4) is 0 Å². The van der Waals surface area contributed by atoms with E-state index in [4.69, 9.17) is 11.6 Å². The lowest BCUT2D eigenvalue weighted by molar-refractivity contribution is 0.102. The Kier molecular flexibility index (Phi) is 3.57. The zero-order chi connectivity index (χ0) is 15.0. The fourth-order valence-electron chi connectivity index (χ4n) is 2.02. The number of Topliss-reactive ketones (excluding diaryl/α,β-unsaturated/α-hetero) is 1. The molecular weight excluding hydrogens is 308 g/mol. The maximum absolute atomic E-state index is 11.5. The van der Waals surface area contributed by atoms with Gasteiger partial charge < -0.3 is 5.32 Å². The number of carbonyl (C=O) groups is 1. The molecule has 0 aliphatic rings. The minimum Gasteiger partial charge on any atom is -0.316 e. The molecule has 0 aliphatic carbocycles. The number of para-hydroxylation sites is 1. The highest BCUT2D eigenvalue weighted by atomic mass is 35.5. The van der Waals surface area contributed by atoms with Crippen molar-refractivity contribution in [3.63, 3.8) is 0 Å². The van der Waals surface area contributed by atoms with Crippen molar-refractivity contribution < 1.29 is 4.79 Å². The number of rotatable bonds is 3. The Hall–Kier alpha value is -2.05. The van der Waals surface area contributed by atoms with Crippen molar-refractivity contribution in [2.45, 2.75) is 13.8 Å². The largest absolute Gasteiger partial charge is 0.316 e. The minimum absolute atomic E-state index is 0.00336. The number of carbonyl (C=O) groups excluding carboxylic acids is 1. The molecule has 0 amide bonds. The Bertz CT molecular complexity index is 846. The van der Waals surface area contributed by atoms with Crippen molar-refractivity contribution >= 4 is 50.6 Å². The van der Waals surface area contributed by atoms with E-state index >= 15 is 0 Å². The summed E-state index contributed by atoms with van der Waals surface area (Å²) in [5.74, 6) is 0.582. The van der Waals surface area contributed by atoms with Crippen molar-refractivity contribution in [1.29, 1.82) is 0 Å². The lowest BCUT2D eigenvalue weighted by Gasteiger charge is -2.06. The summed E-state index contributed by atoms with van der Waals surface area (Å²) in [4.78, 5) is 24.9. The minimum atomic E-state index is 0.00336. The molecule has 0 atom stereocenters. The van der Waals surface area contributed by atoms with Crippen LogP contribution in [-0.4, -0.2) is 20.7 Å². The van der Waals surface area contributed by atoms with E-state index in [-0.39, 0.29) is 11.1 Å². The van der Waals surface area contributed by atoms with E-state index in [1.54, 1.807) is 0 Å². The number of ketones is 1. The standard InChI is InChI=1S/C14H11ClN4OS/c1-7-11(8(2)20)21-14(16-7)19-12-9-5-3-4-6-10(9)17-13(15)18-12/h3-6H,1-2H3,(H,16,17,18,19). The van der Waals surface area contributed by atoms with E-state index in [1.165, 1.54) is 18.3 Å². The van der Waals surface area contributed by atoms with Gasteiger partial charge in [-0.25, -0.2) is 9.97 Å². The van der Waals surface area contributed by atoms with Crippen molar-refractivity contribution in [3.8, 4) is 0 Å². The van der Waals surface area contributed by atoms with Gasteiger partial charge in [-0.1, -0.05) is 23.5 Å². The average molecular weight is 319 g/mol. The highest BCUT2D eigenvalue weighted by molar-refractivity contribution is 7.17. The van der Waals surface area contributed by atoms with Crippen molar-refractivity contribution in [2.75, 3.05) is 5.32 Å². The first-order valence-electron chi connectivity index (χ1n) is 6.22. The van der Waals surface area contributed by atoms with E-state index in [1.807, 2.05) is 31.2 Å². The van der Waals surface area contributed by atoms with Crippen LogP contribution < -0.4 is 5.32 Å². The lowest BCUT2D eigenvalue weighted by Crippen LogP contribution is -1.96. The van der Waals surface area contributed by atoms with Gasteiger partial charge in [0.05, 0.1) is 16.1 Å². The van der Waals surface area contributed by atoms with Crippen LogP contribution in [0.2, 0.25) is 5.28 Å². The zero-order valence-electron chi connectivity index (χ0n) is 11.3. The fraction of sp³-hybridized carbons (Fsp3) is 0.143. The third kappa shape index (κ3) is 2.72. The van der Waals surface area contributed by atoms with Crippen LogP contribution in [-0.2, 0) is 0 Å². The molecule has 106 valence electrons. The van der Waals surface area contributed by atoms with E-state index in [0.717, 1.165) is 10.9 Å². The number of benzene rings is 1. The topological polar surface area (TPSA) is 67.8 Å². The number of fused-ring (bicyclic) bond motifs is 1. The predicted molar refractivity (Wildman–Crippen MR) is 84.7 cm³/mol. The molecule has 1 N–H and O–H groups in total. The quantitative estimate of drug-likeness (QED) is 0.584. The van der Waals surface area contributed by atoms with Crippen LogP contribution in [0.1, 0.15) is 22.3 Å². The first kappa shape index (κ1) is 13.9. The first-order chi connectivity index (χ1) is 10.0. The lowest BCUT2D eigenvalue weighted by atomic mass is 10.2. The molecule has 0 unspecified atom stereocenters. The molecule has 7 heteroatoms. The Morgan fingerprint density at radius 1 is 1.24 bits per heavy atom. The Morgan fingerprint density at radius 3 is 2.71 bits per heavy atom. The van der Waals surface area contributed by atoms with Gasteiger partial charge in [0, 0.05) is 12.3 Å². The number of aryl methyl sites for hydroxylation is 1. The van der Waals surface area contributed by atoms with Gasteiger partial charge in [-0.2, -0.15) is 4.98 Å². The van der Waals surface area contributed by atoms with Crippen LogP contribution in [0.15, 0.2) is 24.3 Å². The van der Waals surface area contributed by atoms with E-state index in [2.05, 4.69) is 20.3 Å². The molecule has 0 aliphatic heterocycles. The third-order valence-corrected chi connectivity index (χ3v) is 4.26. The Balaban J connectivity index is 2.05. The summed E-state index contributed by atoms with van der Waals surface area (Å²) in [6.45, 7) is 3.34. The second-order valence-electron chi connectivity index (χ2n) is 4.47. The number of hydrogen-bond acceptors (Lipinski definition) is 6. The number of nitrogens with one attached hydrogen (secondary N) is 1. The molecule has 0 bridgehead atoms. The molecule has 0 saturated heterocycles.